The van der Waals surface area contributed by atoms with Gasteiger partial charge >= 0.3 is 0 Å². The molecule has 0 bridgehead atoms. The minimum Gasteiger partial charge on any atom is -0.353 e. The zero-order valence-corrected chi connectivity index (χ0v) is 18.2. The smallest absolute Gasteiger partial charge is 0.163 e. The fourth-order valence-corrected chi connectivity index (χ4v) is 5.91. The molecule has 0 saturated carbocycles. The number of anilines is 1. The fourth-order valence-electron chi connectivity index (χ4n) is 4.66. The molecule has 152 valence electrons. The van der Waals surface area contributed by atoms with E-state index >= 15 is 0 Å². The number of aryl methyl sites for hydroxylation is 2. The van der Waals surface area contributed by atoms with Crippen LogP contribution in [-0.4, -0.2) is 52.6 Å². The van der Waals surface area contributed by atoms with E-state index in [4.69, 9.17) is 9.97 Å². The molecule has 1 aliphatic heterocycles. The van der Waals surface area contributed by atoms with Crippen molar-refractivity contribution in [2.45, 2.75) is 39.5 Å². The van der Waals surface area contributed by atoms with E-state index in [1.807, 2.05) is 35.9 Å². The maximum atomic E-state index is 5.14. The van der Waals surface area contributed by atoms with Gasteiger partial charge in [-0.3, -0.25) is 9.88 Å². The van der Waals surface area contributed by atoms with Gasteiger partial charge in [0.1, 0.15) is 10.6 Å². The highest BCUT2D eigenvalue weighted by molar-refractivity contribution is 7.19. The molecule has 1 saturated heterocycles. The third kappa shape index (κ3) is 3.76. The van der Waals surface area contributed by atoms with Crippen LogP contribution in [0.15, 0.2) is 24.5 Å². The van der Waals surface area contributed by atoms with Gasteiger partial charge in [0.15, 0.2) is 5.82 Å². The standard InChI is InChI=1S/C23H29N5S/c1-16(2)15-27-11-13-28(14-12-27)22-20-18-5-3-4-6-19(18)29-23(20)26-21(25-22)17-7-9-24-10-8-17/h7-10,16H,3-6,11-15H2,1-2H3. The molecule has 6 heteroatoms. The zero-order chi connectivity index (χ0) is 19.8. The Morgan fingerprint density at radius 2 is 1.76 bits per heavy atom. The molecule has 1 aliphatic carbocycles. The van der Waals surface area contributed by atoms with Gasteiger partial charge in [0, 0.05) is 55.6 Å². The number of hydrogen-bond acceptors (Lipinski definition) is 6. The average molecular weight is 408 g/mol. The van der Waals surface area contributed by atoms with E-state index in [0.29, 0.717) is 0 Å². The third-order valence-corrected chi connectivity index (χ3v) is 7.21. The molecular formula is C23H29N5S. The number of hydrogen-bond donors (Lipinski definition) is 0. The van der Waals surface area contributed by atoms with Gasteiger partial charge in [0.05, 0.1) is 5.39 Å². The lowest BCUT2D eigenvalue weighted by Crippen LogP contribution is -2.47. The summed E-state index contributed by atoms with van der Waals surface area (Å²) in [6, 6.07) is 4.03. The highest BCUT2D eigenvalue weighted by Gasteiger charge is 2.26. The lowest BCUT2D eigenvalue weighted by molar-refractivity contribution is 0.231. The number of aromatic nitrogens is 3. The lowest BCUT2D eigenvalue weighted by atomic mass is 9.96. The molecule has 0 unspecified atom stereocenters. The van der Waals surface area contributed by atoms with Crippen molar-refractivity contribution in [3.8, 4) is 11.4 Å². The van der Waals surface area contributed by atoms with Crippen molar-refractivity contribution in [3.63, 3.8) is 0 Å². The fraction of sp³-hybridized carbons (Fsp3) is 0.522. The summed E-state index contributed by atoms with van der Waals surface area (Å²) in [4.78, 5) is 22.1. The van der Waals surface area contributed by atoms with E-state index in [9.17, 15) is 0 Å². The Morgan fingerprint density at radius 1 is 1.00 bits per heavy atom. The summed E-state index contributed by atoms with van der Waals surface area (Å²) < 4.78 is 0. The van der Waals surface area contributed by atoms with Gasteiger partial charge in [-0.25, -0.2) is 9.97 Å². The maximum Gasteiger partial charge on any atom is 0.163 e. The number of rotatable bonds is 4. The van der Waals surface area contributed by atoms with Crippen molar-refractivity contribution < 1.29 is 0 Å². The third-order valence-electron chi connectivity index (χ3n) is 6.03. The van der Waals surface area contributed by atoms with Gasteiger partial charge in [0.25, 0.3) is 0 Å². The highest BCUT2D eigenvalue weighted by atomic mass is 32.1. The van der Waals surface area contributed by atoms with Crippen molar-refractivity contribution in [2.24, 2.45) is 5.92 Å². The number of pyridine rings is 1. The van der Waals surface area contributed by atoms with Crippen molar-refractivity contribution >= 4 is 27.4 Å². The molecule has 1 fully saturated rings. The molecule has 0 spiro atoms. The molecule has 5 rings (SSSR count). The van der Waals surface area contributed by atoms with Gasteiger partial charge in [-0.05, 0) is 49.3 Å². The molecular weight excluding hydrogens is 378 g/mol. The Bertz CT molecular complexity index is 989. The first-order chi connectivity index (χ1) is 14.2. The summed E-state index contributed by atoms with van der Waals surface area (Å²) in [5.41, 5.74) is 2.57. The predicted molar refractivity (Wildman–Crippen MR) is 121 cm³/mol. The molecule has 0 N–H and O–H groups in total. The summed E-state index contributed by atoms with van der Waals surface area (Å²) in [6.07, 6.45) is 8.61. The van der Waals surface area contributed by atoms with E-state index in [-0.39, 0.29) is 0 Å². The van der Waals surface area contributed by atoms with Gasteiger partial charge in [0.2, 0.25) is 0 Å². The quantitative estimate of drug-likeness (QED) is 0.641. The van der Waals surface area contributed by atoms with Crippen LogP contribution in [0, 0.1) is 5.92 Å². The first kappa shape index (κ1) is 18.9. The number of piperazine rings is 1. The van der Waals surface area contributed by atoms with Gasteiger partial charge < -0.3 is 4.90 Å². The van der Waals surface area contributed by atoms with Crippen molar-refractivity contribution in [3.05, 3.63) is 35.0 Å². The minimum absolute atomic E-state index is 0.717. The van der Waals surface area contributed by atoms with Crippen LogP contribution in [0.3, 0.4) is 0 Å². The van der Waals surface area contributed by atoms with Crippen LogP contribution >= 0.6 is 11.3 Å². The molecule has 5 nitrogen and oxygen atoms in total. The van der Waals surface area contributed by atoms with Crippen LogP contribution in [0.4, 0.5) is 5.82 Å². The molecule has 3 aromatic heterocycles. The molecule has 0 amide bonds. The number of fused-ring (bicyclic) bond motifs is 3. The second-order valence-corrected chi connectivity index (χ2v) is 9.76. The van der Waals surface area contributed by atoms with E-state index in [2.05, 4.69) is 28.6 Å². The van der Waals surface area contributed by atoms with Crippen LogP contribution in [-0.2, 0) is 12.8 Å². The van der Waals surface area contributed by atoms with Crippen molar-refractivity contribution in [1.82, 2.24) is 19.9 Å². The first-order valence-electron chi connectivity index (χ1n) is 10.9. The maximum absolute atomic E-state index is 5.14. The summed E-state index contributed by atoms with van der Waals surface area (Å²) in [6.45, 7) is 10.1. The van der Waals surface area contributed by atoms with Crippen molar-refractivity contribution in [1.29, 1.82) is 0 Å². The Morgan fingerprint density at radius 3 is 2.52 bits per heavy atom. The molecule has 0 radical (unpaired) electrons. The molecule has 0 aromatic carbocycles. The van der Waals surface area contributed by atoms with Crippen molar-refractivity contribution in [2.75, 3.05) is 37.6 Å². The van der Waals surface area contributed by atoms with Crippen LogP contribution in [0.25, 0.3) is 21.6 Å². The van der Waals surface area contributed by atoms with Gasteiger partial charge in [-0.15, -0.1) is 11.3 Å². The van der Waals surface area contributed by atoms with E-state index < -0.39 is 0 Å². The second-order valence-electron chi connectivity index (χ2n) is 8.68. The van der Waals surface area contributed by atoms with E-state index in [1.165, 1.54) is 52.9 Å². The molecule has 29 heavy (non-hydrogen) atoms. The summed E-state index contributed by atoms with van der Waals surface area (Å²) in [5, 5.41) is 1.33. The Balaban J connectivity index is 1.56. The Kier molecular flexibility index (Phi) is 5.22. The monoisotopic (exact) mass is 407 g/mol. The zero-order valence-electron chi connectivity index (χ0n) is 17.4. The normalized spacial score (nSPS) is 17.8. The summed E-state index contributed by atoms with van der Waals surface area (Å²) in [7, 11) is 0. The highest BCUT2D eigenvalue weighted by Crippen LogP contribution is 2.41. The largest absolute Gasteiger partial charge is 0.353 e. The first-order valence-corrected chi connectivity index (χ1v) is 11.7. The Labute approximate surface area is 176 Å². The summed E-state index contributed by atoms with van der Waals surface area (Å²) >= 11 is 1.89. The second kappa shape index (κ2) is 8.00. The van der Waals surface area contributed by atoms with Crippen LogP contribution < -0.4 is 4.90 Å². The predicted octanol–water partition coefficient (Wildman–Crippen LogP) is 4.41. The SMILES string of the molecule is CC(C)CN1CCN(c2nc(-c3ccncc3)nc3sc4c(c23)CCCC4)CC1. The van der Waals surface area contributed by atoms with Crippen LogP contribution in [0.2, 0.25) is 0 Å². The van der Waals surface area contributed by atoms with Gasteiger partial charge in [-0.1, -0.05) is 13.8 Å². The topological polar surface area (TPSA) is 45.2 Å². The molecule has 0 atom stereocenters. The lowest BCUT2D eigenvalue weighted by Gasteiger charge is -2.36. The molecule has 2 aliphatic rings. The molecule has 3 aromatic rings. The number of nitrogens with zero attached hydrogens (tertiary/aromatic N) is 5. The van der Waals surface area contributed by atoms with Gasteiger partial charge in [-0.2, -0.15) is 0 Å². The molecule has 4 heterocycles. The average Bonchev–Trinajstić information content (AvgIpc) is 3.12. The minimum atomic E-state index is 0.717. The Hall–Kier alpha value is -2.05. The number of thiophene rings is 1. The van der Waals surface area contributed by atoms with E-state index in [0.717, 1.165) is 49.3 Å². The van der Waals surface area contributed by atoms with E-state index in [1.54, 1.807) is 0 Å². The van der Waals surface area contributed by atoms with Crippen LogP contribution in [0.5, 0.6) is 0 Å². The van der Waals surface area contributed by atoms with Crippen LogP contribution in [0.1, 0.15) is 37.1 Å². The summed E-state index contributed by atoms with van der Waals surface area (Å²) in [5.74, 6) is 2.71.